The van der Waals surface area contributed by atoms with Crippen LogP contribution in [0.3, 0.4) is 0 Å². The molecule has 0 fully saturated rings. The number of ketones is 1. The number of sulfone groups is 1. The molecular weight excluding hydrogens is 332 g/mol. The second-order valence-corrected chi connectivity index (χ2v) is 7.20. The molecule has 2 rings (SSSR count). The molecule has 9 heteroatoms. The van der Waals surface area contributed by atoms with Crippen LogP contribution in [-0.4, -0.2) is 54.2 Å². The van der Waals surface area contributed by atoms with Crippen LogP contribution in [0.1, 0.15) is 10.5 Å². The Labute approximate surface area is 139 Å². The first-order valence-electron chi connectivity index (χ1n) is 6.84. The monoisotopic (exact) mass is 348 g/mol. The van der Waals surface area contributed by atoms with Crippen LogP contribution in [0.4, 0.5) is 0 Å². The van der Waals surface area contributed by atoms with Gasteiger partial charge in [-0.1, -0.05) is 0 Å². The molecule has 0 N–H and O–H groups in total. The van der Waals surface area contributed by atoms with Crippen molar-refractivity contribution in [2.45, 2.75) is 5.03 Å². The SMILES string of the molecule is CN(C)C=CC(=O)c1nn(-c2ccnc(S(C)(=O)=O)c2)ccc1=O. The molecular formula is C15H16N4O4S. The zero-order chi connectivity index (χ0) is 17.9. The van der Waals surface area contributed by atoms with Gasteiger partial charge in [-0.25, -0.2) is 18.1 Å². The molecule has 0 unspecified atom stereocenters. The summed E-state index contributed by atoms with van der Waals surface area (Å²) in [5, 5.41) is 3.88. The molecule has 2 aromatic rings. The first-order chi connectivity index (χ1) is 11.2. The highest BCUT2D eigenvalue weighted by Crippen LogP contribution is 2.11. The van der Waals surface area contributed by atoms with Gasteiger partial charge in [0, 0.05) is 57.2 Å². The van der Waals surface area contributed by atoms with Gasteiger partial charge in [0.2, 0.25) is 11.2 Å². The predicted octanol–water partition coefficient (Wildman–Crippen LogP) is 0.289. The third-order valence-corrected chi connectivity index (χ3v) is 3.91. The normalized spacial score (nSPS) is 11.6. The zero-order valence-electron chi connectivity index (χ0n) is 13.4. The summed E-state index contributed by atoms with van der Waals surface area (Å²) in [7, 11) is -0.00316. The number of pyridine rings is 1. The zero-order valence-corrected chi connectivity index (χ0v) is 14.2. The second-order valence-electron chi connectivity index (χ2n) is 5.24. The highest BCUT2D eigenvalue weighted by atomic mass is 32.2. The lowest BCUT2D eigenvalue weighted by molar-refractivity contribution is 0.103. The van der Waals surface area contributed by atoms with Crippen LogP contribution in [0.25, 0.3) is 5.69 Å². The Morgan fingerprint density at radius 1 is 1.29 bits per heavy atom. The van der Waals surface area contributed by atoms with Crippen molar-refractivity contribution in [2.75, 3.05) is 20.4 Å². The largest absolute Gasteiger partial charge is 0.383 e. The Morgan fingerprint density at radius 2 is 2.00 bits per heavy atom. The number of nitrogens with zero attached hydrogens (tertiary/aromatic N) is 4. The van der Waals surface area contributed by atoms with E-state index in [-0.39, 0.29) is 10.7 Å². The summed E-state index contributed by atoms with van der Waals surface area (Å²) in [6, 6.07) is 4.04. The van der Waals surface area contributed by atoms with Crippen LogP contribution in [0.15, 0.2) is 52.7 Å². The summed E-state index contributed by atoms with van der Waals surface area (Å²) in [4.78, 5) is 29.4. The minimum absolute atomic E-state index is 0.124. The lowest BCUT2D eigenvalue weighted by Gasteiger charge is -2.07. The van der Waals surface area contributed by atoms with E-state index >= 15 is 0 Å². The van der Waals surface area contributed by atoms with Gasteiger partial charge in [-0.05, 0) is 6.07 Å². The van der Waals surface area contributed by atoms with E-state index < -0.39 is 21.0 Å². The number of aromatic nitrogens is 3. The topological polar surface area (TPSA) is 102 Å². The van der Waals surface area contributed by atoms with Crippen LogP contribution in [0.2, 0.25) is 0 Å². The molecule has 126 valence electrons. The fourth-order valence-electron chi connectivity index (χ4n) is 1.76. The number of rotatable bonds is 5. The summed E-state index contributed by atoms with van der Waals surface area (Å²) < 4.78 is 24.4. The van der Waals surface area contributed by atoms with Crippen LogP contribution in [0.5, 0.6) is 0 Å². The quantitative estimate of drug-likeness (QED) is 0.565. The fourth-order valence-corrected chi connectivity index (χ4v) is 2.35. The van der Waals surface area contributed by atoms with E-state index in [0.29, 0.717) is 5.69 Å². The van der Waals surface area contributed by atoms with E-state index in [1.807, 2.05) is 0 Å². The molecule has 0 atom stereocenters. The van der Waals surface area contributed by atoms with Crippen molar-refractivity contribution in [3.63, 3.8) is 0 Å². The van der Waals surface area contributed by atoms with Crippen molar-refractivity contribution in [1.29, 1.82) is 0 Å². The maximum atomic E-state index is 12.1. The van der Waals surface area contributed by atoms with E-state index in [0.717, 1.165) is 6.26 Å². The van der Waals surface area contributed by atoms with Gasteiger partial charge in [-0.2, -0.15) is 5.10 Å². The Kier molecular flexibility index (Phi) is 4.93. The highest BCUT2D eigenvalue weighted by Gasteiger charge is 2.13. The third-order valence-electron chi connectivity index (χ3n) is 2.93. The van der Waals surface area contributed by atoms with E-state index in [1.54, 1.807) is 19.0 Å². The summed E-state index contributed by atoms with van der Waals surface area (Å²) >= 11 is 0. The number of carbonyl (C=O) groups excluding carboxylic acids is 1. The smallest absolute Gasteiger partial charge is 0.211 e. The fraction of sp³-hybridized carbons (Fsp3) is 0.200. The predicted molar refractivity (Wildman–Crippen MR) is 87.9 cm³/mol. The van der Waals surface area contributed by atoms with E-state index in [1.165, 1.54) is 47.6 Å². The summed E-state index contributed by atoms with van der Waals surface area (Å²) in [5.74, 6) is -0.541. The van der Waals surface area contributed by atoms with Gasteiger partial charge in [0.05, 0.1) is 5.69 Å². The minimum atomic E-state index is -3.48. The molecule has 2 heterocycles. The molecule has 0 aliphatic rings. The Bertz CT molecular complexity index is 961. The molecule has 0 saturated heterocycles. The van der Waals surface area contributed by atoms with Crippen molar-refractivity contribution in [3.05, 3.63) is 58.8 Å². The van der Waals surface area contributed by atoms with Gasteiger partial charge in [-0.3, -0.25) is 9.59 Å². The van der Waals surface area contributed by atoms with E-state index in [2.05, 4.69) is 10.1 Å². The molecule has 0 spiro atoms. The van der Waals surface area contributed by atoms with Crippen LogP contribution < -0.4 is 5.43 Å². The average Bonchev–Trinajstić information content (AvgIpc) is 2.52. The molecule has 24 heavy (non-hydrogen) atoms. The minimum Gasteiger partial charge on any atom is -0.383 e. The maximum Gasteiger partial charge on any atom is 0.211 e. The number of hydrogen-bond acceptors (Lipinski definition) is 7. The summed E-state index contributed by atoms with van der Waals surface area (Å²) in [6.45, 7) is 0. The van der Waals surface area contributed by atoms with Crippen LogP contribution in [0, 0.1) is 0 Å². The molecule has 0 aliphatic heterocycles. The lowest BCUT2D eigenvalue weighted by Crippen LogP contribution is -2.20. The Morgan fingerprint density at radius 3 is 2.62 bits per heavy atom. The summed E-state index contributed by atoms with van der Waals surface area (Å²) in [6.07, 6.45) is 6.46. The standard InChI is InChI=1S/C15H16N4O4S/c1-18(2)8-5-12(20)15-13(21)6-9-19(17-15)11-4-7-16-14(10-11)24(3,22)23/h4-10H,1-3H3. The van der Waals surface area contributed by atoms with Crippen molar-refractivity contribution in [2.24, 2.45) is 0 Å². The first kappa shape index (κ1) is 17.5. The van der Waals surface area contributed by atoms with Crippen molar-refractivity contribution >= 4 is 15.6 Å². The molecule has 0 aliphatic carbocycles. The van der Waals surface area contributed by atoms with Gasteiger partial charge < -0.3 is 4.90 Å². The molecule has 0 amide bonds. The van der Waals surface area contributed by atoms with Crippen LogP contribution >= 0.6 is 0 Å². The molecule has 0 saturated carbocycles. The number of carbonyl (C=O) groups is 1. The maximum absolute atomic E-state index is 12.1. The molecule has 2 aromatic heterocycles. The van der Waals surface area contributed by atoms with Gasteiger partial charge in [0.25, 0.3) is 0 Å². The summed E-state index contributed by atoms with van der Waals surface area (Å²) in [5.41, 5.74) is -0.401. The average molecular weight is 348 g/mol. The van der Waals surface area contributed by atoms with Gasteiger partial charge in [0.1, 0.15) is 0 Å². The second kappa shape index (κ2) is 6.75. The number of allylic oxidation sites excluding steroid dienone is 1. The van der Waals surface area contributed by atoms with Gasteiger partial charge in [-0.15, -0.1) is 0 Å². The highest BCUT2D eigenvalue weighted by molar-refractivity contribution is 7.90. The van der Waals surface area contributed by atoms with Crippen molar-refractivity contribution in [3.8, 4) is 5.69 Å². The Hall–Kier alpha value is -2.81. The third kappa shape index (κ3) is 4.13. The van der Waals surface area contributed by atoms with Crippen molar-refractivity contribution in [1.82, 2.24) is 19.7 Å². The van der Waals surface area contributed by atoms with Crippen molar-refractivity contribution < 1.29 is 13.2 Å². The lowest BCUT2D eigenvalue weighted by atomic mass is 10.2. The van der Waals surface area contributed by atoms with Crippen LogP contribution in [-0.2, 0) is 9.84 Å². The first-order valence-corrected chi connectivity index (χ1v) is 8.73. The molecule has 0 radical (unpaired) electrons. The molecule has 8 nitrogen and oxygen atoms in total. The molecule has 0 aromatic carbocycles. The Balaban J connectivity index is 2.49. The van der Waals surface area contributed by atoms with Gasteiger partial charge >= 0.3 is 0 Å². The number of hydrogen-bond donors (Lipinski definition) is 0. The van der Waals surface area contributed by atoms with E-state index in [4.69, 9.17) is 0 Å². The van der Waals surface area contributed by atoms with Gasteiger partial charge in [0.15, 0.2) is 20.6 Å². The molecule has 0 bridgehead atoms. The van der Waals surface area contributed by atoms with E-state index in [9.17, 15) is 18.0 Å².